The second kappa shape index (κ2) is 7.44. The molecule has 3 rings (SSSR count). The zero-order valence-corrected chi connectivity index (χ0v) is 15.2. The highest BCUT2D eigenvalue weighted by Crippen LogP contribution is 2.40. The Morgan fingerprint density at radius 2 is 2.04 bits per heavy atom. The van der Waals surface area contributed by atoms with Crippen molar-refractivity contribution in [1.29, 1.82) is 0 Å². The molecule has 144 valence electrons. The lowest BCUT2D eigenvalue weighted by atomic mass is 10.1. The van der Waals surface area contributed by atoms with Gasteiger partial charge in [0.05, 0.1) is 17.7 Å². The molecule has 0 bridgehead atoms. The van der Waals surface area contributed by atoms with Gasteiger partial charge in [0.25, 0.3) is 0 Å². The van der Waals surface area contributed by atoms with Crippen LogP contribution >= 0.6 is 0 Å². The van der Waals surface area contributed by atoms with Gasteiger partial charge in [0.1, 0.15) is 17.9 Å². The standard InChI is InChI=1S/C18H23F3N2O3/c1-11-13(18(19,20)21)10-14-16(22-12(2)23(14)3)17(11)26-9-8-25-15-6-4-5-7-24-15/h10,15H,4-9H2,1-3H3. The van der Waals surface area contributed by atoms with Crippen molar-refractivity contribution in [2.24, 2.45) is 7.05 Å². The summed E-state index contributed by atoms with van der Waals surface area (Å²) in [6.45, 7) is 4.20. The molecule has 1 saturated heterocycles. The highest BCUT2D eigenvalue weighted by molar-refractivity contribution is 5.85. The second-order valence-electron chi connectivity index (χ2n) is 6.48. The molecule has 0 N–H and O–H groups in total. The molecule has 1 atom stereocenters. The van der Waals surface area contributed by atoms with Crippen LogP contribution in [0.4, 0.5) is 13.2 Å². The molecule has 2 heterocycles. The van der Waals surface area contributed by atoms with Gasteiger partial charge in [-0.15, -0.1) is 0 Å². The first-order valence-corrected chi connectivity index (χ1v) is 8.69. The van der Waals surface area contributed by atoms with E-state index in [0.717, 1.165) is 25.3 Å². The van der Waals surface area contributed by atoms with Gasteiger partial charge in [-0.25, -0.2) is 4.98 Å². The van der Waals surface area contributed by atoms with E-state index in [-0.39, 0.29) is 30.8 Å². The number of aromatic nitrogens is 2. The first-order chi connectivity index (χ1) is 12.3. The predicted octanol–water partition coefficient (Wildman–Crippen LogP) is 4.13. The minimum atomic E-state index is -4.46. The van der Waals surface area contributed by atoms with Crippen LogP contribution in [0.15, 0.2) is 6.07 Å². The Morgan fingerprint density at radius 3 is 2.69 bits per heavy atom. The second-order valence-corrected chi connectivity index (χ2v) is 6.48. The average Bonchev–Trinajstić information content (AvgIpc) is 2.87. The van der Waals surface area contributed by atoms with Crippen molar-refractivity contribution in [3.05, 3.63) is 23.0 Å². The normalized spacial score (nSPS) is 18.5. The number of rotatable bonds is 5. The number of ether oxygens (including phenoxy) is 3. The monoisotopic (exact) mass is 372 g/mol. The predicted molar refractivity (Wildman–Crippen MR) is 90.2 cm³/mol. The lowest BCUT2D eigenvalue weighted by Crippen LogP contribution is -2.24. The Morgan fingerprint density at radius 1 is 1.27 bits per heavy atom. The SMILES string of the molecule is Cc1c(C(F)(F)F)cc2c(nc(C)n2C)c1OCCOC1CCCCO1. The van der Waals surface area contributed by atoms with E-state index in [1.807, 2.05) is 0 Å². The van der Waals surface area contributed by atoms with Gasteiger partial charge >= 0.3 is 6.18 Å². The van der Waals surface area contributed by atoms with Crippen LogP contribution in [0.5, 0.6) is 5.75 Å². The van der Waals surface area contributed by atoms with Gasteiger partial charge in [-0.05, 0) is 39.2 Å². The summed E-state index contributed by atoms with van der Waals surface area (Å²) >= 11 is 0. The van der Waals surface area contributed by atoms with E-state index < -0.39 is 11.7 Å². The van der Waals surface area contributed by atoms with Gasteiger partial charge in [0, 0.05) is 19.2 Å². The van der Waals surface area contributed by atoms with E-state index in [1.54, 1.807) is 18.5 Å². The molecule has 8 heteroatoms. The van der Waals surface area contributed by atoms with Crippen molar-refractivity contribution in [1.82, 2.24) is 9.55 Å². The molecule has 1 aliphatic heterocycles. The number of nitrogens with zero attached hydrogens (tertiary/aromatic N) is 2. The number of aryl methyl sites for hydroxylation is 2. The highest BCUT2D eigenvalue weighted by Gasteiger charge is 2.35. The highest BCUT2D eigenvalue weighted by atomic mass is 19.4. The van der Waals surface area contributed by atoms with Crippen molar-refractivity contribution in [3.63, 3.8) is 0 Å². The number of alkyl halides is 3. The fourth-order valence-corrected chi connectivity index (χ4v) is 3.14. The van der Waals surface area contributed by atoms with Crippen LogP contribution in [-0.2, 0) is 22.7 Å². The largest absolute Gasteiger partial charge is 0.489 e. The Labute approximate surface area is 150 Å². The molecule has 2 aromatic rings. The van der Waals surface area contributed by atoms with Crippen LogP contribution in [0.2, 0.25) is 0 Å². The van der Waals surface area contributed by atoms with Gasteiger partial charge < -0.3 is 18.8 Å². The fraction of sp³-hybridized carbons (Fsp3) is 0.611. The number of hydrogen-bond donors (Lipinski definition) is 0. The summed E-state index contributed by atoms with van der Waals surface area (Å²) in [7, 11) is 1.69. The van der Waals surface area contributed by atoms with Crippen molar-refractivity contribution < 1.29 is 27.4 Å². The van der Waals surface area contributed by atoms with Crippen LogP contribution in [0.25, 0.3) is 11.0 Å². The lowest BCUT2D eigenvalue weighted by molar-refractivity contribution is -0.165. The first-order valence-electron chi connectivity index (χ1n) is 8.69. The summed E-state index contributed by atoms with van der Waals surface area (Å²) in [5.41, 5.74) is 0.160. The van der Waals surface area contributed by atoms with E-state index in [0.29, 0.717) is 23.5 Å². The van der Waals surface area contributed by atoms with Crippen LogP contribution in [0.3, 0.4) is 0 Å². The molecule has 1 fully saturated rings. The van der Waals surface area contributed by atoms with Crippen LogP contribution in [-0.4, -0.2) is 35.7 Å². The van der Waals surface area contributed by atoms with Gasteiger partial charge in [-0.2, -0.15) is 13.2 Å². The van der Waals surface area contributed by atoms with Crippen molar-refractivity contribution in [2.75, 3.05) is 19.8 Å². The van der Waals surface area contributed by atoms with Gasteiger partial charge in [0.15, 0.2) is 12.0 Å². The van der Waals surface area contributed by atoms with Crippen molar-refractivity contribution in [2.45, 2.75) is 45.6 Å². The molecule has 26 heavy (non-hydrogen) atoms. The maximum atomic E-state index is 13.4. The Bertz CT molecular complexity index is 780. The van der Waals surface area contributed by atoms with E-state index >= 15 is 0 Å². The van der Waals surface area contributed by atoms with E-state index in [1.165, 1.54) is 6.92 Å². The van der Waals surface area contributed by atoms with Crippen LogP contribution < -0.4 is 4.74 Å². The van der Waals surface area contributed by atoms with E-state index in [2.05, 4.69) is 4.98 Å². The van der Waals surface area contributed by atoms with Crippen molar-refractivity contribution >= 4 is 11.0 Å². The molecule has 0 saturated carbocycles. The Balaban J connectivity index is 1.81. The minimum absolute atomic E-state index is 0.0389. The zero-order valence-electron chi connectivity index (χ0n) is 15.2. The summed E-state index contributed by atoms with van der Waals surface area (Å²) in [5.74, 6) is 0.780. The van der Waals surface area contributed by atoms with E-state index in [9.17, 15) is 13.2 Å². The zero-order chi connectivity index (χ0) is 18.9. The molecule has 0 radical (unpaired) electrons. The average molecular weight is 372 g/mol. The molecule has 1 aromatic carbocycles. The number of fused-ring (bicyclic) bond motifs is 1. The molecule has 0 aliphatic carbocycles. The smallest absolute Gasteiger partial charge is 0.416 e. The van der Waals surface area contributed by atoms with Gasteiger partial charge in [-0.1, -0.05) is 0 Å². The van der Waals surface area contributed by atoms with Gasteiger partial charge in [-0.3, -0.25) is 0 Å². The summed E-state index contributed by atoms with van der Waals surface area (Å²) in [5, 5.41) is 0. The van der Waals surface area contributed by atoms with Crippen LogP contribution in [0.1, 0.15) is 36.2 Å². The topological polar surface area (TPSA) is 45.5 Å². The molecule has 1 unspecified atom stereocenters. The number of imidazole rings is 1. The summed E-state index contributed by atoms with van der Waals surface area (Å²) < 4.78 is 58.6. The third kappa shape index (κ3) is 3.81. The first kappa shape index (κ1) is 19.0. The number of halogens is 3. The lowest BCUT2D eigenvalue weighted by Gasteiger charge is -2.23. The van der Waals surface area contributed by atoms with E-state index in [4.69, 9.17) is 14.2 Å². The summed E-state index contributed by atoms with van der Waals surface area (Å²) in [6.07, 6.45) is -1.82. The fourth-order valence-electron chi connectivity index (χ4n) is 3.14. The molecule has 1 aromatic heterocycles. The maximum Gasteiger partial charge on any atom is 0.416 e. The third-order valence-corrected chi connectivity index (χ3v) is 4.68. The quantitative estimate of drug-likeness (QED) is 0.741. The molecule has 0 amide bonds. The molecule has 1 aliphatic rings. The molecular weight excluding hydrogens is 349 g/mol. The molecule has 0 spiro atoms. The summed E-state index contributed by atoms with van der Waals surface area (Å²) in [4.78, 5) is 4.37. The number of hydrogen-bond acceptors (Lipinski definition) is 4. The van der Waals surface area contributed by atoms with Gasteiger partial charge in [0.2, 0.25) is 0 Å². The number of benzene rings is 1. The maximum absolute atomic E-state index is 13.4. The van der Waals surface area contributed by atoms with Crippen LogP contribution in [0, 0.1) is 13.8 Å². The summed E-state index contributed by atoms with van der Waals surface area (Å²) in [6, 6.07) is 1.13. The molecular formula is C18H23F3N2O3. The van der Waals surface area contributed by atoms with Crippen molar-refractivity contribution in [3.8, 4) is 5.75 Å². The Hall–Kier alpha value is -1.80. The Kier molecular flexibility index (Phi) is 5.43. The third-order valence-electron chi connectivity index (χ3n) is 4.68. The minimum Gasteiger partial charge on any atom is -0.489 e. The molecule has 5 nitrogen and oxygen atoms in total.